The molecule has 0 fully saturated rings. The van der Waals surface area contributed by atoms with Crippen molar-refractivity contribution in [2.75, 3.05) is 0 Å². The molecule has 1 aromatic rings. The smallest absolute Gasteiger partial charge is 0.326 e. The fraction of sp³-hybridized carbons (Fsp3) is 0.560. The van der Waals surface area contributed by atoms with Gasteiger partial charge in [0.05, 0.1) is 6.04 Å². The first kappa shape index (κ1) is 31.4. The maximum atomic E-state index is 13.3. The number of carbonyl (C=O) groups excluding carboxylic acids is 3. The maximum Gasteiger partial charge on any atom is 0.326 e. The van der Waals surface area contributed by atoms with Crippen LogP contribution in [-0.2, 0) is 30.4 Å². The van der Waals surface area contributed by atoms with Crippen LogP contribution >= 0.6 is 0 Å². The zero-order valence-corrected chi connectivity index (χ0v) is 21.6. The van der Waals surface area contributed by atoms with E-state index in [0.717, 1.165) is 0 Å². The van der Waals surface area contributed by atoms with Crippen molar-refractivity contribution in [3.8, 4) is 5.75 Å². The average Bonchev–Trinajstić information content (AvgIpc) is 2.84. The molecule has 5 atom stereocenters. The maximum absolute atomic E-state index is 13.3. The van der Waals surface area contributed by atoms with Crippen LogP contribution in [0.3, 0.4) is 0 Å². The normalized spacial score (nSPS) is 15.1. The summed E-state index contributed by atoms with van der Waals surface area (Å²) in [6.45, 7) is 7.13. The molecular formula is C25H38N4O8. The SMILES string of the molecule is CCC(C)C(NC(=O)C(N)C(C)C)C(=O)NC(Cc1ccc(O)cc1)C(=O)NC(CCC(=O)O)C(=O)O. The Morgan fingerprint density at radius 3 is 1.92 bits per heavy atom. The topological polar surface area (TPSA) is 208 Å². The van der Waals surface area contributed by atoms with Crippen LogP contribution in [0.1, 0.15) is 52.5 Å². The molecule has 206 valence electrons. The number of aliphatic carboxylic acids is 2. The standard InChI is InChI=1S/C25H38N4O8/c1-5-14(4)21(29-23(34)20(26)13(2)3)24(35)28-18(12-15-6-8-16(30)9-7-15)22(33)27-17(25(36)37)10-11-19(31)32/h6-9,13-14,17-18,20-21,30H,5,10-12,26H2,1-4H3,(H,27,33)(H,28,35)(H,29,34)(H,31,32)(H,36,37). The number of carboxylic acids is 2. The Hall–Kier alpha value is -3.67. The van der Waals surface area contributed by atoms with Crippen molar-refractivity contribution in [2.45, 2.75) is 77.5 Å². The lowest BCUT2D eigenvalue weighted by Crippen LogP contribution is -2.59. The second kappa shape index (κ2) is 14.8. The van der Waals surface area contributed by atoms with Crippen LogP contribution in [0.25, 0.3) is 0 Å². The molecule has 0 spiro atoms. The Kier molecular flexibility index (Phi) is 12.5. The number of carbonyl (C=O) groups is 5. The highest BCUT2D eigenvalue weighted by Gasteiger charge is 2.33. The Morgan fingerprint density at radius 1 is 0.865 bits per heavy atom. The largest absolute Gasteiger partial charge is 0.508 e. The number of phenols is 1. The predicted molar refractivity (Wildman–Crippen MR) is 134 cm³/mol. The third-order valence-corrected chi connectivity index (χ3v) is 6.08. The average molecular weight is 523 g/mol. The van der Waals surface area contributed by atoms with Crippen molar-refractivity contribution in [2.24, 2.45) is 17.6 Å². The molecule has 12 nitrogen and oxygen atoms in total. The van der Waals surface area contributed by atoms with E-state index in [9.17, 15) is 34.2 Å². The van der Waals surface area contributed by atoms with Crippen LogP contribution in [0.5, 0.6) is 5.75 Å². The third kappa shape index (κ3) is 10.5. The molecule has 0 radical (unpaired) electrons. The molecule has 37 heavy (non-hydrogen) atoms. The number of hydrogen-bond donors (Lipinski definition) is 7. The Labute approximate surface area is 216 Å². The lowest BCUT2D eigenvalue weighted by atomic mass is 9.96. The monoisotopic (exact) mass is 522 g/mol. The first-order valence-electron chi connectivity index (χ1n) is 12.2. The number of carboxylic acid groups (broad SMARTS) is 2. The third-order valence-electron chi connectivity index (χ3n) is 6.08. The van der Waals surface area contributed by atoms with Crippen LogP contribution < -0.4 is 21.7 Å². The Bertz CT molecular complexity index is 951. The molecule has 5 unspecified atom stereocenters. The van der Waals surface area contributed by atoms with Gasteiger partial charge in [0.2, 0.25) is 17.7 Å². The van der Waals surface area contributed by atoms with Gasteiger partial charge in [-0.2, -0.15) is 0 Å². The van der Waals surface area contributed by atoms with Crippen LogP contribution in [0.15, 0.2) is 24.3 Å². The van der Waals surface area contributed by atoms with Crippen molar-refractivity contribution in [3.63, 3.8) is 0 Å². The summed E-state index contributed by atoms with van der Waals surface area (Å²) >= 11 is 0. The summed E-state index contributed by atoms with van der Waals surface area (Å²) in [7, 11) is 0. The highest BCUT2D eigenvalue weighted by Crippen LogP contribution is 2.14. The molecule has 12 heteroatoms. The summed E-state index contributed by atoms with van der Waals surface area (Å²) in [6.07, 6.45) is -0.366. The number of nitrogens with two attached hydrogens (primary N) is 1. The lowest BCUT2D eigenvalue weighted by Gasteiger charge is -2.28. The van der Waals surface area contributed by atoms with Gasteiger partial charge in [0.1, 0.15) is 23.9 Å². The van der Waals surface area contributed by atoms with E-state index in [1.165, 1.54) is 24.3 Å². The van der Waals surface area contributed by atoms with Gasteiger partial charge in [0.15, 0.2) is 0 Å². The number of hydrogen-bond acceptors (Lipinski definition) is 7. The van der Waals surface area contributed by atoms with Gasteiger partial charge >= 0.3 is 11.9 Å². The molecule has 0 aliphatic rings. The fourth-order valence-electron chi connectivity index (χ4n) is 3.39. The predicted octanol–water partition coefficient (Wildman–Crippen LogP) is 0.368. The molecule has 1 rings (SSSR count). The van der Waals surface area contributed by atoms with E-state index in [-0.39, 0.29) is 30.4 Å². The minimum absolute atomic E-state index is 0.00515. The molecule has 8 N–H and O–H groups in total. The summed E-state index contributed by atoms with van der Waals surface area (Å²) in [6, 6.07) is 1.26. The molecule has 0 aliphatic carbocycles. The Morgan fingerprint density at radius 2 is 1.43 bits per heavy atom. The highest BCUT2D eigenvalue weighted by atomic mass is 16.4. The fourth-order valence-corrected chi connectivity index (χ4v) is 3.39. The number of phenolic OH excluding ortho intramolecular Hbond substituents is 1. The summed E-state index contributed by atoms with van der Waals surface area (Å²) < 4.78 is 0. The molecular weight excluding hydrogens is 484 g/mol. The number of benzene rings is 1. The summed E-state index contributed by atoms with van der Waals surface area (Å²) in [5, 5.41) is 35.4. The van der Waals surface area contributed by atoms with Gasteiger partial charge in [-0.1, -0.05) is 46.2 Å². The van der Waals surface area contributed by atoms with Crippen LogP contribution in [0, 0.1) is 11.8 Å². The van der Waals surface area contributed by atoms with Crippen molar-refractivity contribution in [3.05, 3.63) is 29.8 Å². The van der Waals surface area contributed by atoms with Crippen LogP contribution in [-0.4, -0.2) is 69.1 Å². The van der Waals surface area contributed by atoms with Gasteiger partial charge in [0.25, 0.3) is 0 Å². The molecule has 1 aromatic carbocycles. The van der Waals surface area contributed by atoms with E-state index in [4.69, 9.17) is 10.8 Å². The van der Waals surface area contributed by atoms with Gasteiger partial charge in [-0.3, -0.25) is 19.2 Å². The lowest BCUT2D eigenvalue weighted by molar-refractivity contribution is -0.143. The summed E-state index contributed by atoms with van der Waals surface area (Å²) in [5.41, 5.74) is 6.48. The van der Waals surface area contributed by atoms with Crippen LogP contribution in [0.4, 0.5) is 0 Å². The zero-order valence-electron chi connectivity index (χ0n) is 21.6. The van der Waals surface area contributed by atoms with Crippen molar-refractivity contribution in [1.29, 1.82) is 0 Å². The van der Waals surface area contributed by atoms with Gasteiger partial charge in [-0.15, -0.1) is 0 Å². The molecule has 0 aromatic heterocycles. The van der Waals surface area contributed by atoms with Crippen molar-refractivity contribution >= 4 is 29.7 Å². The van der Waals surface area contributed by atoms with Crippen molar-refractivity contribution in [1.82, 2.24) is 16.0 Å². The first-order valence-corrected chi connectivity index (χ1v) is 12.2. The minimum atomic E-state index is -1.49. The molecule has 3 amide bonds. The van der Waals surface area contributed by atoms with E-state index in [1.54, 1.807) is 20.8 Å². The van der Waals surface area contributed by atoms with Gasteiger partial charge in [-0.25, -0.2) is 4.79 Å². The number of rotatable bonds is 15. The van der Waals surface area contributed by atoms with Crippen molar-refractivity contribution < 1.29 is 39.3 Å². The molecule has 0 aliphatic heterocycles. The number of amides is 3. The minimum Gasteiger partial charge on any atom is -0.508 e. The molecule has 0 saturated carbocycles. The van der Waals surface area contributed by atoms with E-state index >= 15 is 0 Å². The number of aromatic hydroxyl groups is 1. The Balaban J connectivity index is 3.20. The van der Waals surface area contributed by atoms with Gasteiger partial charge in [0, 0.05) is 12.8 Å². The quantitative estimate of drug-likeness (QED) is 0.169. The van der Waals surface area contributed by atoms with Crippen LogP contribution in [0.2, 0.25) is 0 Å². The second-order valence-corrected chi connectivity index (χ2v) is 9.41. The first-order chi connectivity index (χ1) is 17.3. The zero-order chi connectivity index (χ0) is 28.3. The highest BCUT2D eigenvalue weighted by molar-refractivity contribution is 5.94. The van der Waals surface area contributed by atoms with E-state index < -0.39 is 60.2 Å². The molecule has 0 saturated heterocycles. The second-order valence-electron chi connectivity index (χ2n) is 9.41. The van der Waals surface area contributed by atoms with Gasteiger partial charge < -0.3 is 37.0 Å². The number of nitrogens with one attached hydrogen (secondary N) is 3. The summed E-state index contributed by atoms with van der Waals surface area (Å²) in [4.78, 5) is 61.4. The molecule has 0 heterocycles. The van der Waals surface area contributed by atoms with E-state index in [2.05, 4.69) is 16.0 Å². The van der Waals surface area contributed by atoms with E-state index in [0.29, 0.717) is 12.0 Å². The van der Waals surface area contributed by atoms with Gasteiger partial charge in [-0.05, 0) is 36.0 Å². The molecule has 0 bridgehead atoms. The van der Waals surface area contributed by atoms with E-state index in [1.807, 2.05) is 6.92 Å². The summed E-state index contributed by atoms with van der Waals surface area (Å²) in [5.74, 6) is -5.15.